The zero-order valence-electron chi connectivity index (χ0n) is 42.9. The maximum Gasteiger partial charge on any atom is 0.659 e. The van der Waals surface area contributed by atoms with E-state index >= 15 is 0 Å². The van der Waals surface area contributed by atoms with E-state index in [4.69, 9.17) is 54.6 Å². The van der Waals surface area contributed by atoms with E-state index in [-0.39, 0.29) is 50.9 Å². The van der Waals surface area contributed by atoms with Gasteiger partial charge >= 0.3 is 26.7 Å². The lowest BCUT2D eigenvalue weighted by atomic mass is 10.0. The molecule has 0 saturated carbocycles. The summed E-state index contributed by atoms with van der Waals surface area (Å²) in [6.45, 7) is 21.5. The Labute approximate surface area is 416 Å². The van der Waals surface area contributed by atoms with Crippen LogP contribution in [0.4, 0.5) is 5.82 Å². The molecule has 1 amide bonds. The predicted octanol–water partition coefficient (Wildman–Crippen LogP) is 7.27. The molecule has 2 aromatic carbocycles. The molecule has 20 nitrogen and oxygen atoms in total. The predicted molar refractivity (Wildman–Crippen MR) is 268 cm³/mol. The van der Waals surface area contributed by atoms with Crippen molar-refractivity contribution >= 4 is 57.9 Å². The quantitative estimate of drug-likeness (QED) is 0.0238. The molecular weight excluding hydrogens is 980 g/mol. The highest BCUT2D eigenvalue weighted by Gasteiger charge is 2.57. The number of ether oxygens (including phenoxy) is 6. The van der Waals surface area contributed by atoms with E-state index in [1.165, 1.54) is 44.7 Å². The minimum atomic E-state index is -4.29. The summed E-state index contributed by atoms with van der Waals surface area (Å²) in [6, 6.07) is 20.8. The molecule has 0 bridgehead atoms. The van der Waals surface area contributed by atoms with Crippen LogP contribution >= 0.6 is 8.53 Å². The molecule has 1 saturated heterocycles. The number of carbonyl (C=O) groups is 3. The van der Waals surface area contributed by atoms with Crippen LogP contribution < -0.4 is 11.0 Å². The van der Waals surface area contributed by atoms with Gasteiger partial charge in [0.1, 0.15) is 43.4 Å². The Morgan fingerprint density at radius 3 is 1.71 bits per heavy atom. The van der Waals surface area contributed by atoms with Crippen LogP contribution in [0.3, 0.4) is 0 Å². The second-order valence-corrected chi connectivity index (χ2v) is 31.8. The van der Waals surface area contributed by atoms with Crippen LogP contribution in [0.15, 0.2) is 77.7 Å². The van der Waals surface area contributed by atoms with Crippen molar-refractivity contribution in [2.24, 2.45) is 0 Å². The smallest absolute Gasteiger partial charge is 0.463 e. The number of aromatic nitrogens is 2. The molecule has 24 heteroatoms. The largest absolute Gasteiger partial charge is 0.659 e. The normalized spacial score (nSPS) is 18.3. The van der Waals surface area contributed by atoms with Crippen molar-refractivity contribution in [2.75, 3.05) is 45.5 Å². The molecule has 4 rings (SSSR count). The van der Waals surface area contributed by atoms with E-state index < -0.39 is 94.9 Å². The molecular formula is C46H73N4O16PSi3. The van der Waals surface area contributed by atoms with Crippen LogP contribution in [0.25, 0.3) is 0 Å². The fourth-order valence-corrected chi connectivity index (χ4v) is 17.2. The van der Waals surface area contributed by atoms with E-state index in [1.807, 2.05) is 128 Å². The van der Waals surface area contributed by atoms with Gasteiger partial charge in [-0.1, -0.05) is 60.7 Å². The first-order valence-electron chi connectivity index (χ1n) is 23.2. The number of nitrogens with one attached hydrogen (secondary N) is 1. The van der Waals surface area contributed by atoms with Gasteiger partial charge < -0.3 is 59.9 Å². The van der Waals surface area contributed by atoms with Crippen LogP contribution in [-0.2, 0) is 68.9 Å². The highest BCUT2D eigenvalue weighted by molar-refractivity contribution is 7.44. The highest BCUT2D eigenvalue weighted by atomic mass is 31.2. The van der Waals surface area contributed by atoms with Gasteiger partial charge in [0, 0.05) is 46.2 Å². The maximum absolute atomic E-state index is 14.0. The Bertz CT molecular complexity index is 2070. The molecule has 3 unspecified atom stereocenters. The van der Waals surface area contributed by atoms with Crippen LogP contribution in [0.5, 0.6) is 0 Å². The second kappa shape index (κ2) is 27.4. The lowest BCUT2D eigenvalue weighted by Gasteiger charge is -2.41. The summed E-state index contributed by atoms with van der Waals surface area (Å²) >= 11 is 0. The SMILES string of the molecule is COP(OC1C(OC(OCCOC(C)=O)OCCOC(C)=O)[C@H](n2ccc(NC(C)=O)nc2=O)O[C@@H]1CO[Si](OC(c1ccccc1)c1ccccc1)(O[Si](C)(C)C)O[Si](C)(C)C)N(C(C)C)C(C)C. The zero-order chi connectivity index (χ0) is 51.8. The second-order valence-electron chi connectivity index (χ2n) is 18.7. The Kier molecular flexibility index (Phi) is 23.1. The fourth-order valence-electron chi connectivity index (χ4n) is 7.20. The van der Waals surface area contributed by atoms with Crippen molar-refractivity contribution in [1.29, 1.82) is 0 Å². The van der Waals surface area contributed by atoms with E-state index in [9.17, 15) is 19.2 Å². The molecule has 0 aliphatic carbocycles. The van der Waals surface area contributed by atoms with Crippen LogP contribution in [0, 0.1) is 0 Å². The van der Waals surface area contributed by atoms with Crippen LogP contribution in [-0.4, -0.2) is 135 Å². The van der Waals surface area contributed by atoms with Crippen molar-refractivity contribution in [1.82, 2.24) is 14.2 Å². The molecule has 0 spiro atoms. The van der Waals surface area contributed by atoms with Gasteiger partial charge in [-0.2, -0.15) is 4.98 Å². The van der Waals surface area contributed by atoms with Crippen molar-refractivity contribution in [2.45, 2.75) is 137 Å². The monoisotopic (exact) mass is 1050 g/mol. The van der Waals surface area contributed by atoms with Crippen molar-refractivity contribution in [3.05, 3.63) is 94.5 Å². The summed E-state index contributed by atoms with van der Waals surface area (Å²) in [5.41, 5.74) is 0.879. The molecule has 1 aliphatic rings. The van der Waals surface area contributed by atoms with Gasteiger partial charge in [-0.15, -0.1) is 0 Å². The standard InChI is InChI=1S/C46H73N4O16PSi3/c1-32(2)50(33(3)4)67(55-8)63-42-39(31-60-70(65-68(9,10)11,66-69(12,13)14)64-41(37-21-17-15-18-22-37)38-23-19-16-20-24-38)61-44(49-26-25-40(47-34(5)51)48-45(49)54)43(42)62-46(58-29-27-56-35(6)52)59-30-28-57-36(7)53/h15-26,32-33,39,41-44,46H,27-31H2,1-14H3,(H,47,48,51,54)/t39-,42?,43?,44-,67?/m1/s1. The van der Waals surface area contributed by atoms with Gasteiger partial charge in [0.25, 0.3) is 15.0 Å². The number of anilines is 1. The minimum Gasteiger partial charge on any atom is -0.463 e. The number of esters is 2. The lowest BCUT2D eigenvalue weighted by Crippen LogP contribution is -2.60. The Hall–Kier alpha value is -3.63. The summed E-state index contributed by atoms with van der Waals surface area (Å²) in [5, 5.41) is 2.54. The van der Waals surface area contributed by atoms with E-state index in [0.29, 0.717) is 0 Å². The molecule has 1 aliphatic heterocycles. The summed E-state index contributed by atoms with van der Waals surface area (Å²) in [5.74, 6) is -1.48. The van der Waals surface area contributed by atoms with E-state index in [0.717, 1.165) is 11.1 Å². The molecule has 3 aromatic rings. The number of amides is 1. The molecule has 2 heterocycles. The summed E-state index contributed by atoms with van der Waals surface area (Å²) < 4.78 is 80.7. The topological polar surface area (TPSA) is 212 Å². The number of hydrogen-bond donors (Lipinski definition) is 1. The average molecular weight is 1050 g/mol. The van der Waals surface area contributed by atoms with Crippen molar-refractivity contribution in [3.63, 3.8) is 0 Å². The van der Waals surface area contributed by atoms with Gasteiger partial charge in [0.2, 0.25) is 5.91 Å². The minimum absolute atomic E-state index is 0.0103. The maximum atomic E-state index is 14.0. The number of benzene rings is 2. The van der Waals surface area contributed by atoms with Gasteiger partial charge in [-0.3, -0.25) is 19.0 Å². The molecule has 70 heavy (non-hydrogen) atoms. The van der Waals surface area contributed by atoms with Crippen LogP contribution in [0.1, 0.15) is 71.9 Å². The summed E-state index contributed by atoms with van der Waals surface area (Å²) in [7, 11) is -9.83. The Morgan fingerprint density at radius 2 is 1.29 bits per heavy atom. The van der Waals surface area contributed by atoms with Gasteiger partial charge in [-0.25, -0.2) is 9.46 Å². The van der Waals surface area contributed by atoms with E-state index in [1.54, 1.807) is 0 Å². The van der Waals surface area contributed by atoms with Crippen molar-refractivity contribution < 1.29 is 68.9 Å². The van der Waals surface area contributed by atoms with E-state index in [2.05, 4.69) is 15.0 Å². The number of hydrogen-bond acceptors (Lipinski definition) is 18. The molecule has 1 fully saturated rings. The van der Waals surface area contributed by atoms with Gasteiger partial charge in [-0.05, 0) is 84.2 Å². The Balaban J connectivity index is 1.94. The lowest BCUT2D eigenvalue weighted by molar-refractivity contribution is -0.320. The Morgan fingerprint density at radius 1 is 0.771 bits per heavy atom. The molecule has 390 valence electrons. The molecule has 1 N–H and O–H groups in total. The molecule has 5 atom stereocenters. The van der Waals surface area contributed by atoms with Crippen LogP contribution in [0.2, 0.25) is 39.3 Å². The van der Waals surface area contributed by atoms with Gasteiger partial charge in [0.15, 0.2) is 22.9 Å². The highest BCUT2D eigenvalue weighted by Crippen LogP contribution is 2.50. The molecule has 0 radical (unpaired) electrons. The van der Waals surface area contributed by atoms with Gasteiger partial charge in [0.05, 0.1) is 19.8 Å². The van der Waals surface area contributed by atoms with Crippen molar-refractivity contribution in [3.8, 4) is 0 Å². The molecule has 1 aromatic heterocycles. The number of carbonyl (C=O) groups excluding carboxylic acids is 3. The average Bonchev–Trinajstić information content (AvgIpc) is 3.58. The summed E-state index contributed by atoms with van der Waals surface area (Å²) in [6.07, 6.45) is -4.16. The first-order chi connectivity index (χ1) is 32.9. The third kappa shape index (κ3) is 19.1. The summed E-state index contributed by atoms with van der Waals surface area (Å²) in [4.78, 5) is 53.5. The third-order valence-corrected chi connectivity index (χ3v) is 19.6. The third-order valence-electron chi connectivity index (χ3n) is 9.62. The zero-order valence-corrected chi connectivity index (χ0v) is 46.8. The fraction of sp³-hybridized carbons (Fsp3) is 0.587. The number of rotatable bonds is 29. The first kappa shape index (κ1) is 58.9. The first-order valence-corrected chi connectivity index (χ1v) is 32.8. The number of nitrogens with zero attached hydrogens (tertiary/aromatic N) is 3.